The van der Waals surface area contributed by atoms with Gasteiger partial charge >= 0.3 is 0 Å². The highest BCUT2D eigenvalue weighted by molar-refractivity contribution is 5.94. The first-order valence-corrected chi connectivity index (χ1v) is 7.59. The Morgan fingerprint density at radius 1 is 1.14 bits per heavy atom. The van der Waals surface area contributed by atoms with Crippen molar-refractivity contribution >= 4 is 5.91 Å². The van der Waals surface area contributed by atoms with Gasteiger partial charge in [0.25, 0.3) is 5.91 Å². The van der Waals surface area contributed by atoms with Crippen LogP contribution in [0.1, 0.15) is 16.8 Å². The Kier molecular flexibility index (Phi) is 5.85. The fourth-order valence-electron chi connectivity index (χ4n) is 2.60. The van der Waals surface area contributed by atoms with Gasteiger partial charge in [0.15, 0.2) is 11.6 Å². The number of halogens is 2. The first-order valence-electron chi connectivity index (χ1n) is 7.59. The van der Waals surface area contributed by atoms with Crippen molar-refractivity contribution in [1.82, 2.24) is 14.7 Å². The summed E-state index contributed by atoms with van der Waals surface area (Å²) in [4.78, 5) is 18.5. The molecule has 0 aliphatic carbocycles. The van der Waals surface area contributed by atoms with Crippen LogP contribution in [-0.4, -0.2) is 74.0 Å². The summed E-state index contributed by atoms with van der Waals surface area (Å²) in [6.07, 6.45) is 1.10. The molecule has 0 radical (unpaired) electrons. The molecule has 122 valence electrons. The lowest BCUT2D eigenvalue weighted by atomic mass is 10.1. The second-order valence-electron chi connectivity index (χ2n) is 5.92. The number of nitrogens with zero attached hydrogens (tertiary/aromatic N) is 3. The summed E-state index contributed by atoms with van der Waals surface area (Å²) in [5.41, 5.74) is 0.208. The maximum Gasteiger partial charge on any atom is 0.254 e. The number of carbonyl (C=O) groups excluding carboxylic acids is 1. The molecule has 1 saturated heterocycles. The molecule has 1 heterocycles. The molecule has 4 nitrogen and oxygen atoms in total. The lowest BCUT2D eigenvalue weighted by Gasteiger charge is -2.35. The molecule has 1 fully saturated rings. The Labute approximate surface area is 130 Å². The number of carbonyl (C=O) groups is 1. The van der Waals surface area contributed by atoms with Crippen molar-refractivity contribution in [2.45, 2.75) is 6.42 Å². The predicted molar refractivity (Wildman–Crippen MR) is 81.9 cm³/mol. The second kappa shape index (κ2) is 7.65. The number of benzene rings is 1. The Morgan fingerprint density at radius 2 is 1.82 bits per heavy atom. The maximum atomic E-state index is 13.2. The van der Waals surface area contributed by atoms with Crippen molar-refractivity contribution in [3.8, 4) is 0 Å². The summed E-state index contributed by atoms with van der Waals surface area (Å²) in [6, 6.07) is 3.31. The van der Waals surface area contributed by atoms with Gasteiger partial charge in [0, 0.05) is 31.7 Å². The van der Waals surface area contributed by atoms with Gasteiger partial charge < -0.3 is 9.80 Å². The molecule has 1 amide bonds. The Balaban J connectivity index is 1.83. The van der Waals surface area contributed by atoms with Crippen molar-refractivity contribution in [2.24, 2.45) is 0 Å². The van der Waals surface area contributed by atoms with Gasteiger partial charge in [-0.3, -0.25) is 9.69 Å². The van der Waals surface area contributed by atoms with E-state index in [1.165, 1.54) is 6.07 Å². The van der Waals surface area contributed by atoms with E-state index in [9.17, 15) is 13.6 Å². The van der Waals surface area contributed by atoms with Gasteiger partial charge in [-0.25, -0.2) is 8.78 Å². The Hall–Kier alpha value is -1.53. The van der Waals surface area contributed by atoms with E-state index >= 15 is 0 Å². The summed E-state index contributed by atoms with van der Waals surface area (Å²) >= 11 is 0. The predicted octanol–water partition coefficient (Wildman–Crippen LogP) is 1.67. The van der Waals surface area contributed by atoms with Crippen molar-refractivity contribution < 1.29 is 13.6 Å². The highest BCUT2D eigenvalue weighted by atomic mass is 19.2. The third-order valence-corrected chi connectivity index (χ3v) is 3.91. The minimum absolute atomic E-state index is 0.208. The molecule has 22 heavy (non-hydrogen) atoms. The molecule has 0 unspecified atom stereocenters. The molecule has 0 N–H and O–H groups in total. The summed E-state index contributed by atoms with van der Waals surface area (Å²) in [5, 5.41) is 0. The van der Waals surface area contributed by atoms with E-state index < -0.39 is 11.6 Å². The average molecular weight is 311 g/mol. The van der Waals surface area contributed by atoms with Crippen LogP contribution < -0.4 is 0 Å². The number of piperazine rings is 1. The zero-order valence-corrected chi connectivity index (χ0v) is 13.2. The summed E-state index contributed by atoms with van der Waals surface area (Å²) in [5.74, 6) is -2.14. The lowest BCUT2D eigenvalue weighted by molar-refractivity contribution is 0.0633. The fraction of sp³-hybridized carbons (Fsp3) is 0.562. The van der Waals surface area contributed by atoms with Gasteiger partial charge in [-0.15, -0.1) is 0 Å². The molecule has 0 saturated carbocycles. The molecule has 1 aromatic carbocycles. The number of amides is 1. The minimum atomic E-state index is -0.979. The van der Waals surface area contributed by atoms with Crippen molar-refractivity contribution in [3.63, 3.8) is 0 Å². The van der Waals surface area contributed by atoms with Crippen LogP contribution in [0.4, 0.5) is 8.78 Å². The first kappa shape index (κ1) is 16.8. The van der Waals surface area contributed by atoms with Crippen LogP contribution in [0.25, 0.3) is 0 Å². The smallest absolute Gasteiger partial charge is 0.254 e. The van der Waals surface area contributed by atoms with Crippen LogP contribution in [0.2, 0.25) is 0 Å². The highest BCUT2D eigenvalue weighted by Gasteiger charge is 2.22. The summed E-state index contributed by atoms with van der Waals surface area (Å²) < 4.78 is 26.1. The summed E-state index contributed by atoms with van der Waals surface area (Å²) in [7, 11) is 4.11. The molecule has 1 aliphatic heterocycles. The zero-order chi connectivity index (χ0) is 16.1. The van der Waals surface area contributed by atoms with E-state index in [1.807, 2.05) is 0 Å². The van der Waals surface area contributed by atoms with Gasteiger partial charge in [-0.1, -0.05) is 0 Å². The third-order valence-electron chi connectivity index (χ3n) is 3.91. The van der Waals surface area contributed by atoms with Crippen molar-refractivity contribution in [3.05, 3.63) is 35.4 Å². The van der Waals surface area contributed by atoms with Gasteiger partial charge in [0.1, 0.15) is 0 Å². The number of hydrogen-bond donors (Lipinski definition) is 0. The minimum Gasteiger partial charge on any atom is -0.336 e. The van der Waals surface area contributed by atoms with E-state index in [-0.39, 0.29) is 11.5 Å². The monoisotopic (exact) mass is 311 g/mol. The number of hydrogen-bond acceptors (Lipinski definition) is 3. The Bertz CT molecular complexity index is 514. The standard InChI is InChI=1S/C16H23F2N3O/c1-19(2)6-3-7-20-8-10-21(11-9-20)16(22)13-4-5-14(17)15(18)12-13/h4-5,12H,3,6-11H2,1-2H3. The average Bonchev–Trinajstić information content (AvgIpc) is 2.50. The van der Waals surface area contributed by atoms with Crippen LogP contribution in [0.15, 0.2) is 18.2 Å². The van der Waals surface area contributed by atoms with Crippen molar-refractivity contribution in [2.75, 3.05) is 53.4 Å². The second-order valence-corrected chi connectivity index (χ2v) is 5.92. The first-order chi connectivity index (χ1) is 10.5. The normalized spacial score (nSPS) is 16.3. The van der Waals surface area contributed by atoms with E-state index in [1.54, 1.807) is 4.90 Å². The molecule has 1 aromatic rings. The third kappa shape index (κ3) is 4.48. The van der Waals surface area contributed by atoms with E-state index in [0.717, 1.165) is 44.7 Å². The van der Waals surface area contributed by atoms with Gasteiger partial charge in [-0.05, 0) is 51.8 Å². The molecular weight excluding hydrogens is 288 g/mol. The van der Waals surface area contributed by atoms with E-state index in [2.05, 4.69) is 23.9 Å². The molecular formula is C16H23F2N3O. The van der Waals surface area contributed by atoms with Gasteiger partial charge in [0.2, 0.25) is 0 Å². The van der Waals surface area contributed by atoms with Gasteiger partial charge in [0.05, 0.1) is 0 Å². The summed E-state index contributed by atoms with van der Waals surface area (Å²) in [6.45, 7) is 4.96. The van der Waals surface area contributed by atoms with Crippen molar-refractivity contribution in [1.29, 1.82) is 0 Å². The van der Waals surface area contributed by atoms with Gasteiger partial charge in [-0.2, -0.15) is 0 Å². The molecule has 0 bridgehead atoms. The molecule has 6 heteroatoms. The molecule has 0 atom stereocenters. The molecule has 0 spiro atoms. The maximum absolute atomic E-state index is 13.2. The SMILES string of the molecule is CN(C)CCCN1CCN(C(=O)c2ccc(F)c(F)c2)CC1. The molecule has 0 aromatic heterocycles. The zero-order valence-electron chi connectivity index (χ0n) is 13.2. The van der Waals surface area contributed by atoms with E-state index in [4.69, 9.17) is 0 Å². The van der Waals surface area contributed by atoms with Crippen LogP contribution in [0, 0.1) is 11.6 Å². The largest absolute Gasteiger partial charge is 0.336 e. The molecule has 2 rings (SSSR count). The van der Waals surface area contributed by atoms with Crippen LogP contribution in [0.5, 0.6) is 0 Å². The topological polar surface area (TPSA) is 26.8 Å². The van der Waals surface area contributed by atoms with Crippen LogP contribution >= 0.6 is 0 Å². The fourth-order valence-corrected chi connectivity index (χ4v) is 2.60. The van der Waals surface area contributed by atoms with Crippen LogP contribution in [-0.2, 0) is 0 Å². The van der Waals surface area contributed by atoms with E-state index in [0.29, 0.717) is 13.1 Å². The molecule has 1 aliphatic rings. The van der Waals surface area contributed by atoms with Crippen LogP contribution in [0.3, 0.4) is 0 Å². The number of rotatable bonds is 5. The highest BCUT2D eigenvalue weighted by Crippen LogP contribution is 2.13. The Morgan fingerprint density at radius 3 is 2.41 bits per heavy atom. The quantitative estimate of drug-likeness (QED) is 0.828. The lowest BCUT2D eigenvalue weighted by Crippen LogP contribution is -2.49.